The molecule has 0 spiro atoms. The molecule has 0 aliphatic rings. The van der Waals surface area contributed by atoms with E-state index in [1.54, 1.807) is 12.1 Å². The van der Waals surface area contributed by atoms with Crippen LogP contribution in [0.4, 0.5) is 4.39 Å². The van der Waals surface area contributed by atoms with Crippen molar-refractivity contribution in [1.82, 2.24) is 20.1 Å². The van der Waals surface area contributed by atoms with Crippen molar-refractivity contribution in [3.8, 4) is 5.69 Å². The molecule has 0 bridgehead atoms. The number of halogens is 2. The fourth-order valence-corrected chi connectivity index (χ4v) is 5.95. The van der Waals surface area contributed by atoms with Gasteiger partial charge in [-0.1, -0.05) is 97.4 Å². The fraction of sp³-hybridized carbons (Fsp3) is 0.229. The number of thioether (sulfide) groups is 1. The average Bonchev–Trinajstić information content (AvgIpc) is 3.45. The van der Waals surface area contributed by atoms with Crippen LogP contribution >= 0.6 is 23.4 Å². The number of amides is 1. The Balaban J connectivity index is 1.52. The number of nitrogens with zero attached hydrogens (tertiary/aromatic N) is 3. The summed E-state index contributed by atoms with van der Waals surface area (Å²) < 4.78 is 15.5. The van der Waals surface area contributed by atoms with Crippen LogP contribution in [0.25, 0.3) is 5.69 Å². The third kappa shape index (κ3) is 7.92. The number of nitrogens with one attached hydrogen (secondary N) is 1. The van der Waals surface area contributed by atoms with E-state index in [0.717, 1.165) is 41.6 Å². The fourth-order valence-electron chi connectivity index (χ4n) is 4.88. The van der Waals surface area contributed by atoms with Crippen molar-refractivity contribution in [1.29, 1.82) is 0 Å². The lowest BCUT2D eigenvalue weighted by Gasteiger charge is -2.21. The maximum atomic E-state index is 13.6. The summed E-state index contributed by atoms with van der Waals surface area (Å²) in [6, 6.07) is 29.5. The summed E-state index contributed by atoms with van der Waals surface area (Å²) in [6.07, 6.45) is 3.75. The molecule has 43 heavy (non-hydrogen) atoms. The highest BCUT2D eigenvalue weighted by Crippen LogP contribution is 2.32. The summed E-state index contributed by atoms with van der Waals surface area (Å²) in [5.74, 6) is 0.714. The highest BCUT2D eigenvalue weighted by molar-refractivity contribution is 7.98. The number of aryl methyl sites for hydroxylation is 2. The third-order valence-electron chi connectivity index (χ3n) is 7.29. The largest absolute Gasteiger partial charge is 0.342 e. The first kappa shape index (κ1) is 30.5. The number of hydrogen-bond acceptors (Lipinski definition) is 4. The number of rotatable bonds is 12. The Morgan fingerprint density at radius 2 is 1.65 bits per heavy atom. The number of carbonyl (C=O) groups excluding carboxylic acids is 1. The molecule has 0 fully saturated rings. The topological polar surface area (TPSA) is 59.8 Å². The van der Waals surface area contributed by atoms with E-state index in [-0.39, 0.29) is 11.7 Å². The zero-order chi connectivity index (χ0) is 30.2. The molecule has 8 heteroatoms. The van der Waals surface area contributed by atoms with Crippen LogP contribution in [-0.2, 0) is 18.6 Å². The van der Waals surface area contributed by atoms with Gasteiger partial charge in [-0.15, -0.1) is 10.2 Å². The zero-order valence-electron chi connectivity index (χ0n) is 24.3. The molecule has 1 unspecified atom stereocenters. The maximum absolute atomic E-state index is 13.6. The van der Waals surface area contributed by atoms with E-state index in [2.05, 4.69) is 22.4 Å². The SMILES string of the molecule is CCCCc1ccc(C(=O)NC(Cc2ccccc2)c2nnc(SCc3ccc(F)cc3)n2-c2cc(Cl)ccc2C)cc1. The predicted octanol–water partition coefficient (Wildman–Crippen LogP) is 8.72. The molecular weight excluding hydrogens is 579 g/mol. The van der Waals surface area contributed by atoms with Gasteiger partial charge in [-0.2, -0.15) is 0 Å². The van der Waals surface area contributed by atoms with Crippen LogP contribution in [-0.4, -0.2) is 20.7 Å². The zero-order valence-corrected chi connectivity index (χ0v) is 25.8. The molecule has 5 nitrogen and oxygen atoms in total. The van der Waals surface area contributed by atoms with Crippen LogP contribution in [0.3, 0.4) is 0 Å². The van der Waals surface area contributed by atoms with Crippen LogP contribution in [0.1, 0.15) is 64.2 Å². The molecule has 1 N–H and O–H groups in total. The average molecular weight is 613 g/mol. The third-order valence-corrected chi connectivity index (χ3v) is 8.52. The molecule has 5 aromatic rings. The van der Waals surface area contributed by atoms with Crippen LogP contribution in [0.5, 0.6) is 0 Å². The second kappa shape index (κ2) is 14.5. The van der Waals surface area contributed by atoms with Crippen LogP contribution in [0.2, 0.25) is 5.02 Å². The number of hydrogen-bond donors (Lipinski definition) is 1. The van der Waals surface area contributed by atoms with Gasteiger partial charge in [0.15, 0.2) is 11.0 Å². The highest BCUT2D eigenvalue weighted by Gasteiger charge is 2.26. The van der Waals surface area contributed by atoms with Crippen molar-refractivity contribution in [3.05, 3.63) is 142 Å². The Bertz CT molecular complexity index is 1660. The molecule has 0 radical (unpaired) electrons. The van der Waals surface area contributed by atoms with Crippen LogP contribution in [0, 0.1) is 12.7 Å². The maximum Gasteiger partial charge on any atom is 0.251 e. The summed E-state index contributed by atoms with van der Waals surface area (Å²) in [5.41, 5.74) is 5.65. The first-order chi connectivity index (χ1) is 20.9. The van der Waals surface area contributed by atoms with Gasteiger partial charge in [0, 0.05) is 16.3 Å². The second-order valence-corrected chi connectivity index (χ2v) is 11.9. The number of aromatic nitrogens is 3. The first-order valence-electron chi connectivity index (χ1n) is 14.4. The lowest BCUT2D eigenvalue weighted by molar-refractivity contribution is 0.0934. The minimum atomic E-state index is -0.485. The van der Waals surface area contributed by atoms with Gasteiger partial charge in [0.25, 0.3) is 5.91 Å². The Morgan fingerprint density at radius 1 is 0.930 bits per heavy atom. The summed E-state index contributed by atoms with van der Waals surface area (Å²) in [5, 5.41) is 13.7. The standard InChI is InChI=1S/C35H34ClFN4OS/c1-3-4-8-25-12-16-28(17-13-25)34(42)38-31(21-26-9-6-5-7-10-26)33-39-40-35(43-23-27-14-19-30(37)20-15-27)41(33)32-22-29(36)18-11-24(32)2/h5-7,9-20,22,31H,3-4,8,21,23H2,1-2H3,(H,38,42). The van der Waals surface area contributed by atoms with Gasteiger partial charge in [-0.25, -0.2) is 4.39 Å². The second-order valence-electron chi connectivity index (χ2n) is 10.5. The molecule has 1 atom stereocenters. The summed E-state index contributed by atoms with van der Waals surface area (Å²) in [7, 11) is 0. The Labute approximate surface area is 261 Å². The van der Waals surface area contributed by atoms with Gasteiger partial charge in [0.2, 0.25) is 0 Å². The molecule has 1 aromatic heterocycles. The van der Waals surface area contributed by atoms with E-state index in [1.165, 1.54) is 29.5 Å². The first-order valence-corrected chi connectivity index (χ1v) is 15.8. The van der Waals surface area contributed by atoms with Gasteiger partial charge >= 0.3 is 0 Å². The minimum Gasteiger partial charge on any atom is -0.342 e. The Kier molecular flexibility index (Phi) is 10.3. The smallest absolute Gasteiger partial charge is 0.251 e. The van der Waals surface area contributed by atoms with Crippen molar-refractivity contribution in [3.63, 3.8) is 0 Å². The van der Waals surface area contributed by atoms with E-state index < -0.39 is 6.04 Å². The quantitative estimate of drug-likeness (QED) is 0.143. The van der Waals surface area contributed by atoms with Crippen molar-refractivity contribution >= 4 is 29.3 Å². The highest BCUT2D eigenvalue weighted by atomic mass is 35.5. The van der Waals surface area contributed by atoms with Gasteiger partial charge in [0.1, 0.15) is 5.82 Å². The van der Waals surface area contributed by atoms with Crippen molar-refractivity contribution in [2.75, 3.05) is 0 Å². The molecule has 0 saturated carbocycles. The van der Waals surface area contributed by atoms with Gasteiger partial charge in [-0.05, 0) is 84.8 Å². The van der Waals surface area contributed by atoms with E-state index in [9.17, 15) is 9.18 Å². The van der Waals surface area contributed by atoms with Crippen molar-refractivity contribution in [2.45, 2.75) is 56.5 Å². The van der Waals surface area contributed by atoms with Crippen LogP contribution < -0.4 is 5.32 Å². The number of carbonyl (C=O) groups is 1. The van der Waals surface area contributed by atoms with Crippen molar-refractivity contribution < 1.29 is 9.18 Å². The van der Waals surface area contributed by atoms with Gasteiger partial charge in [-0.3, -0.25) is 9.36 Å². The van der Waals surface area contributed by atoms with Crippen LogP contribution in [0.15, 0.2) is 102 Å². The molecule has 0 saturated heterocycles. The lowest BCUT2D eigenvalue weighted by Crippen LogP contribution is -2.32. The van der Waals surface area contributed by atoms with E-state index >= 15 is 0 Å². The molecule has 0 aliphatic heterocycles. The molecule has 220 valence electrons. The number of benzene rings is 4. The molecule has 1 heterocycles. The molecule has 5 rings (SSSR count). The van der Waals surface area contributed by atoms with E-state index in [4.69, 9.17) is 11.6 Å². The van der Waals surface area contributed by atoms with Gasteiger partial charge < -0.3 is 5.32 Å². The molecule has 1 amide bonds. The van der Waals surface area contributed by atoms with E-state index in [0.29, 0.717) is 33.7 Å². The minimum absolute atomic E-state index is 0.180. The Morgan fingerprint density at radius 3 is 2.37 bits per heavy atom. The number of unbranched alkanes of at least 4 members (excludes halogenated alkanes) is 1. The predicted molar refractivity (Wildman–Crippen MR) is 172 cm³/mol. The van der Waals surface area contributed by atoms with Gasteiger partial charge in [0.05, 0.1) is 11.7 Å². The lowest BCUT2D eigenvalue weighted by atomic mass is 10.0. The molecule has 0 aliphatic carbocycles. The van der Waals surface area contributed by atoms with E-state index in [1.807, 2.05) is 84.3 Å². The normalized spacial score (nSPS) is 11.8. The molecule has 4 aromatic carbocycles. The summed E-state index contributed by atoms with van der Waals surface area (Å²) in [4.78, 5) is 13.6. The summed E-state index contributed by atoms with van der Waals surface area (Å²) >= 11 is 7.97. The Hall–Kier alpha value is -3.94. The molecular formula is C35H34ClFN4OS. The summed E-state index contributed by atoms with van der Waals surface area (Å²) in [6.45, 7) is 4.18. The van der Waals surface area contributed by atoms with Crippen molar-refractivity contribution in [2.24, 2.45) is 0 Å². The monoisotopic (exact) mass is 612 g/mol.